The molecule has 1 amide bonds. The number of pyridine rings is 1. The largest absolute Gasteiger partial charge is 0.384 e. The number of benzene rings is 1. The van der Waals surface area contributed by atoms with Gasteiger partial charge in [-0.1, -0.05) is 30.3 Å². The molecule has 1 aromatic carbocycles. The Hall–Kier alpha value is -2.73. The van der Waals surface area contributed by atoms with E-state index in [1.807, 2.05) is 50.4 Å². The summed E-state index contributed by atoms with van der Waals surface area (Å²) in [5.74, 6) is 0.481. The molecule has 4 rings (SSSR count). The molecule has 27 heavy (non-hydrogen) atoms. The van der Waals surface area contributed by atoms with Crippen molar-refractivity contribution in [1.82, 2.24) is 20.1 Å². The van der Waals surface area contributed by atoms with Crippen molar-refractivity contribution in [3.63, 3.8) is 0 Å². The molecule has 1 fully saturated rings. The quantitative estimate of drug-likeness (QED) is 0.755. The number of aryl methyl sites for hydroxylation is 2. The molecule has 6 nitrogen and oxygen atoms in total. The van der Waals surface area contributed by atoms with Gasteiger partial charge in [-0.2, -0.15) is 5.10 Å². The number of nitrogens with zero attached hydrogens (tertiary/aromatic N) is 3. The third-order valence-corrected chi connectivity index (χ3v) is 5.26. The summed E-state index contributed by atoms with van der Waals surface area (Å²) in [6.45, 7) is 2.67. The zero-order valence-electron chi connectivity index (χ0n) is 15.9. The van der Waals surface area contributed by atoms with Crippen molar-refractivity contribution >= 4 is 16.9 Å². The van der Waals surface area contributed by atoms with Gasteiger partial charge in [-0.25, -0.2) is 4.98 Å². The molecule has 0 unspecified atom stereocenters. The predicted octanol–water partition coefficient (Wildman–Crippen LogP) is 3.10. The topological polar surface area (TPSA) is 69.0 Å². The Morgan fingerprint density at radius 2 is 2.04 bits per heavy atom. The second-order valence-electron chi connectivity index (χ2n) is 7.29. The van der Waals surface area contributed by atoms with E-state index >= 15 is 0 Å². The fraction of sp³-hybridized carbons (Fsp3) is 0.381. The predicted molar refractivity (Wildman–Crippen MR) is 105 cm³/mol. The zero-order chi connectivity index (χ0) is 19.0. The van der Waals surface area contributed by atoms with Gasteiger partial charge in [-0.3, -0.25) is 9.48 Å². The van der Waals surface area contributed by atoms with Gasteiger partial charge in [0.2, 0.25) is 0 Å². The molecule has 1 aliphatic rings. The molecule has 0 radical (unpaired) electrons. The zero-order valence-corrected chi connectivity index (χ0v) is 15.9. The number of ether oxygens (including phenoxy) is 1. The number of hydrogen-bond acceptors (Lipinski definition) is 4. The van der Waals surface area contributed by atoms with Gasteiger partial charge in [0, 0.05) is 32.4 Å². The molecule has 2 heterocycles. The number of hydrogen-bond donors (Lipinski definition) is 1. The number of aromatic nitrogens is 3. The molecule has 1 aliphatic carbocycles. The van der Waals surface area contributed by atoms with Crippen LogP contribution in [-0.2, 0) is 11.8 Å². The first-order chi connectivity index (χ1) is 13.1. The van der Waals surface area contributed by atoms with Gasteiger partial charge in [-0.15, -0.1) is 0 Å². The summed E-state index contributed by atoms with van der Waals surface area (Å²) in [5, 5.41) is 8.47. The molecule has 2 aromatic heterocycles. The lowest BCUT2D eigenvalue weighted by Gasteiger charge is -2.35. The number of rotatable bonds is 5. The van der Waals surface area contributed by atoms with Crippen LogP contribution in [0.5, 0.6) is 0 Å². The van der Waals surface area contributed by atoms with E-state index in [0.29, 0.717) is 11.5 Å². The van der Waals surface area contributed by atoms with Crippen molar-refractivity contribution < 1.29 is 9.53 Å². The smallest absolute Gasteiger partial charge is 0.252 e. The van der Waals surface area contributed by atoms with E-state index < -0.39 is 0 Å². The lowest BCUT2D eigenvalue weighted by Crippen LogP contribution is -2.45. The van der Waals surface area contributed by atoms with Gasteiger partial charge in [0.15, 0.2) is 5.65 Å². The highest BCUT2D eigenvalue weighted by atomic mass is 16.5. The monoisotopic (exact) mass is 364 g/mol. The highest BCUT2D eigenvalue weighted by Crippen LogP contribution is 2.30. The lowest BCUT2D eigenvalue weighted by atomic mass is 9.80. The van der Waals surface area contributed by atoms with Crippen LogP contribution in [-0.4, -0.2) is 40.4 Å². The van der Waals surface area contributed by atoms with E-state index in [1.165, 1.54) is 0 Å². The number of methoxy groups -OCH3 is 1. The summed E-state index contributed by atoms with van der Waals surface area (Å²) in [4.78, 5) is 17.8. The van der Waals surface area contributed by atoms with Crippen LogP contribution >= 0.6 is 0 Å². The summed E-state index contributed by atoms with van der Waals surface area (Å²) in [7, 11) is 3.58. The first-order valence-corrected chi connectivity index (χ1v) is 9.26. The fourth-order valence-electron chi connectivity index (χ4n) is 3.87. The van der Waals surface area contributed by atoms with Crippen molar-refractivity contribution in [3.05, 3.63) is 47.7 Å². The van der Waals surface area contributed by atoms with Crippen molar-refractivity contribution in [1.29, 1.82) is 0 Å². The van der Waals surface area contributed by atoms with Crippen molar-refractivity contribution in [2.45, 2.75) is 25.8 Å². The molecule has 0 bridgehead atoms. The maximum absolute atomic E-state index is 13.1. The molecule has 0 spiro atoms. The van der Waals surface area contributed by atoms with Crippen LogP contribution in [0.2, 0.25) is 0 Å². The maximum atomic E-state index is 13.1. The number of fused-ring (bicyclic) bond motifs is 1. The Balaban J connectivity index is 1.69. The van der Waals surface area contributed by atoms with Gasteiger partial charge in [-0.05, 0) is 31.7 Å². The lowest BCUT2D eigenvalue weighted by molar-refractivity contribution is 0.0738. The Labute approximate surface area is 158 Å². The Kier molecular flexibility index (Phi) is 4.66. The number of amides is 1. The average Bonchev–Trinajstić information content (AvgIpc) is 2.94. The van der Waals surface area contributed by atoms with Crippen LogP contribution < -0.4 is 5.32 Å². The maximum Gasteiger partial charge on any atom is 0.252 e. The normalized spacial score (nSPS) is 19.1. The number of carbonyl (C=O) groups is 1. The van der Waals surface area contributed by atoms with Gasteiger partial charge in [0.1, 0.15) is 0 Å². The van der Waals surface area contributed by atoms with Crippen molar-refractivity contribution in [2.75, 3.05) is 13.7 Å². The number of carbonyl (C=O) groups excluding carboxylic acids is 1. The van der Waals surface area contributed by atoms with E-state index in [-0.39, 0.29) is 11.9 Å². The van der Waals surface area contributed by atoms with Crippen LogP contribution in [0.3, 0.4) is 0 Å². The SMILES string of the molecule is COCC1CC(NC(=O)c2cc(-c3ccccc3)nc3c2c(C)nn3C)C1. The molecule has 1 saturated carbocycles. The molecule has 1 N–H and O–H groups in total. The standard InChI is InChI=1S/C21H24N4O2/c1-13-19-17(21(26)22-16-9-14(10-16)12-27-3)11-18(15-7-5-4-6-8-15)23-20(19)25(2)24-13/h4-8,11,14,16H,9-10,12H2,1-3H3,(H,22,26). The highest BCUT2D eigenvalue weighted by Gasteiger charge is 2.31. The van der Waals surface area contributed by atoms with Crippen LogP contribution in [0.15, 0.2) is 36.4 Å². The fourth-order valence-corrected chi connectivity index (χ4v) is 3.87. The first-order valence-electron chi connectivity index (χ1n) is 9.26. The molecule has 6 heteroatoms. The molecule has 0 atom stereocenters. The molecular formula is C21H24N4O2. The minimum absolute atomic E-state index is 0.0588. The summed E-state index contributed by atoms with van der Waals surface area (Å²) in [6, 6.07) is 12.0. The minimum atomic E-state index is -0.0588. The van der Waals surface area contributed by atoms with Crippen LogP contribution in [0.25, 0.3) is 22.3 Å². The molecule has 0 saturated heterocycles. The molecule has 3 aromatic rings. The Morgan fingerprint density at radius 1 is 1.30 bits per heavy atom. The van der Waals surface area contributed by atoms with Gasteiger partial charge < -0.3 is 10.1 Å². The second kappa shape index (κ2) is 7.12. The Morgan fingerprint density at radius 3 is 2.74 bits per heavy atom. The van der Waals surface area contributed by atoms with Gasteiger partial charge in [0.25, 0.3) is 5.91 Å². The molecule has 0 aliphatic heterocycles. The average molecular weight is 364 g/mol. The summed E-state index contributed by atoms with van der Waals surface area (Å²) < 4.78 is 6.93. The third kappa shape index (κ3) is 3.32. The molecular weight excluding hydrogens is 340 g/mol. The van der Waals surface area contributed by atoms with E-state index in [0.717, 1.165) is 47.4 Å². The number of nitrogens with one attached hydrogen (secondary N) is 1. The summed E-state index contributed by atoms with van der Waals surface area (Å²) >= 11 is 0. The Bertz CT molecular complexity index is 975. The third-order valence-electron chi connectivity index (χ3n) is 5.26. The van der Waals surface area contributed by atoms with E-state index in [1.54, 1.807) is 11.8 Å². The van der Waals surface area contributed by atoms with E-state index in [9.17, 15) is 4.79 Å². The highest BCUT2D eigenvalue weighted by molar-refractivity contribution is 6.07. The summed E-state index contributed by atoms with van der Waals surface area (Å²) in [6.07, 6.45) is 1.93. The van der Waals surface area contributed by atoms with E-state index in [2.05, 4.69) is 10.4 Å². The van der Waals surface area contributed by atoms with Crippen molar-refractivity contribution in [2.24, 2.45) is 13.0 Å². The van der Waals surface area contributed by atoms with Crippen LogP contribution in [0.1, 0.15) is 28.9 Å². The first kappa shape index (κ1) is 17.7. The van der Waals surface area contributed by atoms with Crippen LogP contribution in [0, 0.1) is 12.8 Å². The summed E-state index contributed by atoms with van der Waals surface area (Å²) in [5.41, 5.74) is 3.94. The molecule has 140 valence electrons. The van der Waals surface area contributed by atoms with E-state index in [4.69, 9.17) is 9.72 Å². The van der Waals surface area contributed by atoms with Gasteiger partial charge in [0.05, 0.1) is 22.3 Å². The van der Waals surface area contributed by atoms with Crippen molar-refractivity contribution in [3.8, 4) is 11.3 Å². The minimum Gasteiger partial charge on any atom is -0.384 e. The van der Waals surface area contributed by atoms with Crippen LogP contribution in [0.4, 0.5) is 0 Å². The second-order valence-corrected chi connectivity index (χ2v) is 7.29. The van der Waals surface area contributed by atoms with Gasteiger partial charge >= 0.3 is 0 Å².